The van der Waals surface area contributed by atoms with E-state index in [0.29, 0.717) is 17.8 Å². The van der Waals surface area contributed by atoms with Gasteiger partial charge in [0.2, 0.25) is 5.91 Å². The van der Waals surface area contributed by atoms with E-state index in [9.17, 15) is 9.90 Å². The number of amides is 1. The minimum atomic E-state index is -0.127. The van der Waals surface area contributed by atoms with Gasteiger partial charge < -0.3 is 25.4 Å². The van der Waals surface area contributed by atoms with Gasteiger partial charge >= 0.3 is 0 Å². The summed E-state index contributed by atoms with van der Waals surface area (Å²) in [5.74, 6) is 0.432. The molecule has 0 aliphatic carbocycles. The number of hydrogen-bond acceptors (Lipinski definition) is 7. The molecule has 8 nitrogen and oxygen atoms in total. The minimum Gasteiger partial charge on any atom is -0.507 e. The average Bonchev–Trinajstić information content (AvgIpc) is 3.01. The number of phenolic OH excluding ortho intramolecular Hbond substituents is 1. The van der Waals surface area contributed by atoms with Crippen molar-refractivity contribution in [2.45, 2.75) is 49.5 Å². The summed E-state index contributed by atoms with van der Waals surface area (Å²) in [5, 5.41) is 25.9. The fourth-order valence-corrected chi connectivity index (χ4v) is 6.83. The van der Waals surface area contributed by atoms with Gasteiger partial charge in [-0.2, -0.15) is 10.2 Å². The number of piperidine rings is 2. The number of ether oxygens (including phenoxy) is 1. The molecule has 0 saturated carbocycles. The average molecular weight is 542 g/mol. The van der Waals surface area contributed by atoms with E-state index in [1.54, 1.807) is 18.3 Å². The Bertz CT molecular complexity index is 1300. The van der Waals surface area contributed by atoms with E-state index in [-0.39, 0.29) is 28.5 Å². The summed E-state index contributed by atoms with van der Waals surface area (Å²) in [5.41, 5.74) is 3.54. The first kappa shape index (κ1) is 26.7. The van der Waals surface area contributed by atoms with Gasteiger partial charge in [-0.25, -0.2) is 0 Å². The zero-order valence-corrected chi connectivity index (χ0v) is 23.0. The van der Waals surface area contributed by atoms with E-state index in [2.05, 4.69) is 56.1 Å². The van der Waals surface area contributed by atoms with Crippen molar-refractivity contribution in [2.75, 3.05) is 44.3 Å². The maximum absolute atomic E-state index is 13.5. The summed E-state index contributed by atoms with van der Waals surface area (Å²) >= 11 is 0. The van der Waals surface area contributed by atoms with Crippen molar-refractivity contribution in [3.05, 3.63) is 72.4 Å². The molecule has 6 rings (SSSR count). The van der Waals surface area contributed by atoms with Crippen LogP contribution in [0.1, 0.15) is 44.1 Å². The molecule has 3 saturated heterocycles. The first-order valence-electron chi connectivity index (χ1n) is 14.6. The summed E-state index contributed by atoms with van der Waals surface area (Å²) < 4.78 is 5.59. The number of carbonyl (C=O) groups is 1. The number of para-hydroxylation sites is 1. The lowest BCUT2D eigenvalue weighted by Gasteiger charge is -2.45. The van der Waals surface area contributed by atoms with Crippen LogP contribution in [0.5, 0.6) is 5.75 Å². The second-order valence-corrected chi connectivity index (χ2v) is 11.7. The molecule has 3 aliphatic heterocycles. The van der Waals surface area contributed by atoms with Gasteiger partial charge in [-0.1, -0.05) is 42.5 Å². The monoisotopic (exact) mass is 541 g/mol. The highest BCUT2D eigenvalue weighted by Gasteiger charge is 2.41. The van der Waals surface area contributed by atoms with E-state index < -0.39 is 0 Å². The van der Waals surface area contributed by atoms with Gasteiger partial charge in [0.25, 0.3) is 0 Å². The Morgan fingerprint density at radius 1 is 1.05 bits per heavy atom. The quantitative estimate of drug-likeness (QED) is 0.433. The van der Waals surface area contributed by atoms with Crippen molar-refractivity contribution in [3.8, 4) is 17.0 Å². The molecule has 3 aliphatic rings. The first-order valence-corrected chi connectivity index (χ1v) is 14.6. The van der Waals surface area contributed by atoms with Crippen molar-refractivity contribution in [2.24, 2.45) is 5.92 Å². The number of phenols is 1. The molecule has 2 aromatic carbocycles. The molecule has 0 bridgehead atoms. The lowest BCUT2D eigenvalue weighted by Crippen LogP contribution is -2.57. The van der Waals surface area contributed by atoms with Gasteiger partial charge in [-0.15, -0.1) is 0 Å². The molecule has 8 heteroatoms. The molecule has 3 fully saturated rings. The smallest absolute Gasteiger partial charge is 0.223 e. The number of carbonyl (C=O) groups excluding carboxylic acids is 1. The number of aromatic nitrogens is 2. The van der Waals surface area contributed by atoms with Crippen LogP contribution in [-0.2, 0) is 14.9 Å². The van der Waals surface area contributed by atoms with Gasteiger partial charge in [-0.05, 0) is 68.8 Å². The maximum atomic E-state index is 13.5. The third-order valence-corrected chi connectivity index (χ3v) is 9.34. The Kier molecular flexibility index (Phi) is 7.71. The molecule has 3 N–H and O–H groups in total. The lowest BCUT2D eigenvalue weighted by atomic mass is 9.72. The summed E-state index contributed by atoms with van der Waals surface area (Å²) in [7, 11) is 0. The summed E-state index contributed by atoms with van der Waals surface area (Å²) in [6.45, 7) is 4.76. The summed E-state index contributed by atoms with van der Waals surface area (Å²) in [4.78, 5) is 15.8. The predicted molar refractivity (Wildman–Crippen MR) is 155 cm³/mol. The molecule has 4 heterocycles. The summed E-state index contributed by atoms with van der Waals surface area (Å²) in [6, 6.07) is 19.9. The Labute approximate surface area is 236 Å². The molecule has 1 atom stereocenters. The Morgan fingerprint density at radius 3 is 2.58 bits per heavy atom. The molecule has 0 radical (unpaired) electrons. The van der Waals surface area contributed by atoms with Gasteiger partial charge in [0, 0.05) is 55.3 Å². The number of anilines is 1. The third-order valence-electron chi connectivity index (χ3n) is 9.34. The van der Waals surface area contributed by atoms with Gasteiger partial charge in [0.05, 0.1) is 17.6 Å². The number of aromatic hydroxyl groups is 1. The standard InChI is InChI=1S/C32H39N5O3/c38-29-9-5-4-8-27(29)28-20-26(22-35-36-28)37-16-11-31(12-17-37,25-6-2-1-3-7-25)23-33-30(39)24-10-15-34-32(21-24)13-18-40-19-14-32/h1-9,20,22,24,34,38H,10-19,21,23H2,(H,33,39). The highest BCUT2D eigenvalue weighted by atomic mass is 16.5. The largest absolute Gasteiger partial charge is 0.507 e. The predicted octanol–water partition coefficient (Wildman–Crippen LogP) is 4.05. The van der Waals surface area contributed by atoms with E-state index >= 15 is 0 Å². The van der Waals surface area contributed by atoms with Crippen LogP contribution in [0.3, 0.4) is 0 Å². The fourth-order valence-electron chi connectivity index (χ4n) is 6.83. The highest BCUT2D eigenvalue weighted by molar-refractivity contribution is 5.79. The van der Waals surface area contributed by atoms with Crippen LogP contribution >= 0.6 is 0 Å². The first-order chi connectivity index (χ1) is 19.6. The molecule has 1 aromatic heterocycles. The van der Waals surface area contributed by atoms with Gasteiger partial charge in [-0.3, -0.25) is 4.79 Å². The molecule has 3 aromatic rings. The van der Waals surface area contributed by atoms with E-state index in [4.69, 9.17) is 4.74 Å². The van der Waals surface area contributed by atoms with Crippen LogP contribution in [0.4, 0.5) is 5.69 Å². The highest BCUT2D eigenvalue weighted by Crippen LogP contribution is 2.38. The van der Waals surface area contributed by atoms with Crippen molar-refractivity contribution in [1.29, 1.82) is 0 Å². The van der Waals surface area contributed by atoms with Crippen LogP contribution in [0.25, 0.3) is 11.3 Å². The van der Waals surface area contributed by atoms with Gasteiger partial charge in [0.1, 0.15) is 5.75 Å². The molecular weight excluding hydrogens is 502 g/mol. The maximum Gasteiger partial charge on any atom is 0.223 e. The molecular formula is C32H39N5O3. The zero-order valence-electron chi connectivity index (χ0n) is 23.0. The SMILES string of the molecule is O=C(NCC1(c2ccccc2)CCN(c2cnnc(-c3ccccc3O)c2)CC1)C1CCNC2(CCOCC2)C1. The van der Waals surface area contributed by atoms with Gasteiger partial charge in [0.15, 0.2) is 0 Å². The van der Waals surface area contributed by atoms with Crippen molar-refractivity contribution in [3.63, 3.8) is 0 Å². The zero-order chi connectivity index (χ0) is 27.4. The second kappa shape index (κ2) is 11.6. The second-order valence-electron chi connectivity index (χ2n) is 11.7. The van der Waals surface area contributed by atoms with Crippen molar-refractivity contribution < 1.29 is 14.6 Å². The van der Waals surface area contributed by atoms with Crippen molar-refractivity contribution >= 4 is 11.6 Å². The minimum absolute atomic E-state index is 0.0444. The van der Waals surface area contributed by atoms with Crippen LogP contribution in [0, 0.1) is 5.92 Å². The van der Waals surface area contributed by atoms with Crippen molar-refractivity contribution in [1.82, 2.24) is 20.8 Å². The molecule has 1 unspecified atom stereocenters. The summed E-state index contributed by atoms with van der Waals surface area (Å²) in [6.07, 6.45) is 7.37. The number of rotatable bonds is 6. The number of nitrogens with one attached hydrogen (secondary N) is 2. The lowest BCUT2D eigenvalue weighted by molar-refractivity contribution is -0.127. The molecule has 1 amide bonds. The van der Waals surface area contributed by atoms with E-state index in [0.717, 1.165) is 77.1 Å². The van der Waals surface area contributed by atoms with Crippen LogP contribution in [-0.4, -0.2) is 66.1 Å². The molecule has 40 heavy (non-hydrogen) atoms. The number of benzene rings is 2. The van der Waals surface area contributed by atoms with Crippen LogP contribution in [0.2, 0.25) is 0 Å². The van der Waals surface area contributed by atoms with Crippen LogP contribution in [0.15, 0.2) is 66.9 Å². The number of nitrogens with zero attached hydrogens (tertiary/aromatic N) is 3. The Balaban J connectivity index is 1.15. The molecule has 210 valence electrons. The number of hydrogen-bond donors (Lipinski definition) is 3. The molecule has 1 spiro atoms. The Morgan fingerprint density at radius 2 is 1.80 bits per heavy atom. The normalized spacial score (nSPS) is 22.1. The fraction of sp³-hybridized carbons (Fsp3) is 0.469. The van der Waals surface area contributed by atoms with E-state index in [1.807, 2.05) is 18.2 Å². The Hall–Kier alpha value is -3.49. The van der Waals surface area contributed by atoms with Crippen LogP contribution < -0.4 is 15.5 Å². The third kappa shape index (κ3) is 5.56. The topological polar surface area (TPSA) is 99.6 Å². The van der Waals surface area contributed by atoms with E-state index in [1.165, 1.54) is 5.56 Å².